The molecule has 1 heterocycles. The molecular weight excluding hydrogens is 390 g/mol. The molecular formula is C17H23N3O5S2. The number of carbonyl (C=O) groups is 2. The van der Waals surface area contributed by atoms with Crippen LogP contribution in [0, 0.1) is 0 Å². The zero-order valence-electron chi connectivity index (χ0n) is 15.4. The van der Waals surface area contributed by atoms with Crippen LogP contribution in [0.15, 0.2) is 34.2 Å². The number of aliphatic imine (C=N–C) groups is 1. The van der Waals surface area contributed by atoms with E-state index in [0.717, 1.165) is 0 Å². The van der Waals surface area contributed by atoms with Crippen LogP contribution >= 0.6 is 11.8 Å². The molecule has 2 rings (SSSR count). The summed E-state index contributed by atoms with van der Waals surface area (Å²) in [5.74, 6) is -0.326. The Morgan fingerprint density at radius 2 is 2.04 bits per heavy atom. The van der Waals surface area contributed by atoms with E-state index in [9.17, 15) is 18.0 Å². The smallest absolute Gasteiger partial charge is 0.331 e. The van der Waals surface area contributed by atoms with Crippen molar-refractivity contribution in [2.45, 2.75) is 37.3 Å². The lowest BCUT2D eigenvalue weighted by molar-refractivity contribution is -0.156. The highest BCUT2D eigenvalue weighted by Crippen LogP contribution is 2.23. The number of rotatable bonds is 8. The first-order valence-electron chi connectivity index (χ1n) is 8.47. The third-order valence-corrected chi connectivity index (χ3v) is 5.87. The molecule has 1 aliphatic heterocycles. The quantitative estimate of drug-likeness (QED) is 0.613. The van der Waals surface area contributed by atoms with Gasteiger partial charge in [0, 0.05) is 12.1 Å². The zero-order valence-corrected chi connectivity index (χ0v) is 17.0. The minimum absolute atomic E-state index is 0.110. The molecule has 0 spiro atoms. The van der Waals surface area contributed by atoms with E-state index in [2.05, 4.69) is 15.0 Å². The van der Waals surface area contributed by atoms with Crippen molar-refractivity contribution in [2.24, 2.45) is 4.99 Å². The second-order valence-corrected chi connectivity index (χ2v) is 8.49. The Labute approximate surface area is 163 Å². The summed E-state index contributed by atoms with van der Waals surface area (Å²) in [6.07, 6.45) is 1.29. The molecule has 0 fully saturated rings. The predicted octanol–water partition coefficient (Wildman–Crippen LogP) is 0.915. The van der Waals surface area contributed by atoms with Crippen LogP contribution in [0.25, 0.3) is 0 Å². The number of fused-ring (bicyclic) bond motifs is 1. The molecule has 1 aromatic rings. The van der Waals surface area contributed by atoms with Gasteiger partial charge in [0.05, 0.1) is 4.90 Å². The molecule has 0 unspecified atom stereocenters. The van der Waals surface area contributed by atoms with Gasteiger partial charge in [0.15, 0.2) is 12.1 Å². The lowest BCUT2D eigenvalue weighted by Gasteiger charge is -2.17. The van der Waals surface area contributed by atoms with E-state index in [1.165, 1.54) is 24.8 Å². The molecule has 2 atom stereocenters. The van der Waals surface area contributed by atoms with Crippen molar-refractivity contribution in [1.82, 2.24) is 10.0 Å². The maximum atomic E-state index is 12.5. The van der Waals surface area contributed by atoms with Gasteiger partial charge in [-0.1, -0.05) is 12.1 Å². The molecule has 1 amide bonds. The summed E-state index contributed by atoms with van der Waals surface area (Å²) in [7, 11) is -3.69. The Morgan fingerprint density at radius 3 is 2.70 bits per heavy atom. The van der Waals surface area contributed by atoms with Crippen LogP contribution in [0.2, 0.25) is 0 Å². The van der Waals surface area contributed by atoms with Crippen molar-refractivity contribution in [3.8, 4) is 0 Å². The zero-order chi connectivity index (χ0) is 20.0. The Hall–Kier alpha value is -2.07. The normalized spacial score (nSPS) is 18.3. The van der Waals surface area contributed by atoms with Gasteiger partial charge in [0.1, 0.15) is 5.84 Å². The van der Waals surface area contributed by atoms with Crippen molar-refractivity contribution in [3.63, 3.8) is 0 Å². The van der Waals surface area contributed by atoms with Crippen LogP contribution in [0.3, 0.4) is 0 Å². The van der Waals surface area contributed by atoms with E-state index < -0.39 is 34.0 Å². The summed E-state index contributed by atoms with van der Waals surface area (Å²) in [6, 6.07) is 5.50. The number of sulfonamides is 1. The van der Waals surface area contributed by atoms with Crippen LogP contribution in [-0.4, -0.2) is 56.8 Å². The summed E-state index contributed by atoms with van der Waals surface area (Å²) in [5, 5.41) is 2.58. The van der Waals surface area contributed by atoms with Gasteiger partial charge in [0.2, 0.25) is 0 Å². The van der Waals surface area contributed by atoms with Gasteiger partial charge in [-0.2, -0.15) is 11.8 Å². The highest BCUT2D eigenvalue weighted by atomic mass is 32.2. The number of hydrogen-bond acceptors (Lipinski definition) is 7. The van der Waals surface area contributed by atoms with Gasteiger partial charge in [-0.15, -0.1) is 0 Å². The van der Waals surface area contributed by atoms with Crippen LogP contribution in [0.4, 0.5) is 0 Å². The van der Waals surface area contributed by atoms with Crippen LogP contribution < -0.4 is 10.0 Å². The average Bonchev–Trinajstić information content (AvgIpc) is 2.89. The van der Waals surface area contributed by atoms with Gasteiger partial charge in [-0.3, -0.25) is 14.5 Å². The number of benzene rings is 1. The number of esters is 1. The lowest BCUT2D eigenvalue weighted by atomic mass is 10.2. The number of ether oxygens (including phenoxy) is 1. The van der Waals surface area contributed by atoms with E-state index in [0.29, 0.717) is 24.3 Å². The van der Waals surface area contributed by atoms with E-state index >= 15 is 0 Å². The van der Waals surface area contributed by atoms with Crippen molar-refractivity contribution >= 4 is 39.5 Å². The molecule has 0 bridgehead atoms. The molecule has 1 aromatic carbocycles. The topological polar surface area (TPSA) is 114 Å². The molecule has 2 N–H and O–H groups in total. The number of likely N-dealkylation sites (N-methyl/N-ethyl adjacent to an activating group) is 1. The number of carbonyl (C=O) groups excluding carboxylic acids is 2. The fourth-order valence-corrected chi connectivity index (χ4v) is 4.17. The van der Waals surface area contributed by atoms with Gasteiger partial charge in [-0.05, 0) is 44.4 Å². The fraction of sp³-hybridized carbons (Fsp3) is 0.471. The molecule has 8 nitrogen and oxygen atoms in total. The number of nitrogens with zero attached hydrogens (tertiary/aromatic N) is 1. The fourth-order valence-electron chi connectivity index (χ4n) is 2.47. The number of nitrogens with one attached hydrogen (secondary N) is 2. The number of amidine groups is 1. The molecule has 0 aliphatic carbocycles. The summed E-state index contributed by atoms with van der Waals surface area (Å²) < 4.78 is 32.0. The molecule has 10 heteroatoms. The number of thioether (sulfide) groups is 1. The third kappa shape index (κ3) is 5.23. The Morgan fingerprint density at radius 1 is 1.33 bits per heavy atom. The van der Waals surface area contributed by atoms with E-state index in [1.54, 1.807) is 25.1 Å². The van der Waals surface area contributed by atoms with Gasteiger partial charge in [-0.25, -0.2) is 13.2 Å². The first-order chi connectivity index (χ1) is 12.8. The van der Waals surface area contributed by atoms with Crippen molar-refractivity contribution < 1.29 is 22.7 Å². The molecule has 1 aliphatic rings. The Bertz CT molecular complexity index is 839. The van der Waals surface area contributed by atoms with Crippen LogP contribution in [0.1, 0.15) is 25.8 Å². The van der Waals surface area contributed by atoms with Gasteiger partial charge in [0.25, 0.3) is 15.9 Å². The molecule has 0 saturated carbocycles. The SMILES string of the molecule is CCNC(=O)[C@@H](C)OC(=O)[C@H](CCSC)N=C1NS(=O)(=O)c2ccccc21. The van der Waals surface area contributed by atoms with Gasteiger partial charge >= 0.3 is 5.97 Å². The monoisotopic (exact) mass is 413 g/mol. The molecule has 148 valence electrons. The van der Waals surface area contributed by atoms with E-state index in [-0.39, 0.29) is 10.7 Å². The highest BCUT2D eigenvalue weighted by Gasteiger charge is 2.32. The predicted molar refractivity (Wildman–Crippen MR) is 104 cm³/mol. The lowest BCUT2D eigenvalue weighted by Crippen LogP contribution is -2.38. The largest absolute Gasteiger partial charge is 0.451 e. The Balaban J connectivity index is 2.26. The molecule has 27 heavy (non-hydrogen) atoms. The Kier molecular flexibility index (Phi) is 7.25. The maximum absolute atomic E-state index is 12.5. The van der Waals surface area contributed by atoms with Crippen LogP contribution in [0.5, 0.6) is 0 Å². The van der Waals surface area contributed by atoms with Crippen molar-refractivity contribution in [1.29, 1.82) is 0 Å². The van der Waals surface area contributed by atoms with E-state index in [4.69, 9.17) is 4.74 Å². The first kappa shape index (κ1) is 21.2. The maximum Gasteiger partial charge on any atom is 0.331 e. The first-order valence-corrected chi connectivity index (χ1v) is 11.3. The third-order valence-electron chi connectivity index (χ3n) is 3.83. The number of hydrogen-bond donors (Lipinski definition) is 2. The summed E-state index contributed by atoms with van der Waals surface area (Å²) >= 11 is 1.53. The molecule has 0 radical (unpaired) electrons. The summed E-state index contributed by atoms with van der Waals surface area (Å²) in [4.78, 5) is 28.8. The highest BCUT2D eigenvalue weighted by molar-refractivity contribution is 7.98. The minimum atomic E-state index is -3.69. The second-order valence-electron chi connectivity index (χ2n) is 5.85. The van der Waals surface area contributed by atoms with Gasteiger partial charge < -0.3 is 10.1 Å². The van der Waals surface area contributed by atoms with Crippen molar-refractivity contribution in [3.05, 3.63) is 29.8 Å². The van der Waals surface area contributed by atoms with Crippen molar-refractivity contribution in [2.75, 3.05) is 18.6 Å². The molecule has 0 saturated heterocycles. The average molecular weight is 414 g/mol. The number of amides is 1. The van der Waals surface area contributed by atoms with Crippen LogP contribution in [-0.2, 0) is 24.3 Å². The molecule has 0 aromatic heterocycles. The second kappa shape index (κ2) is 9.23. The van der Waals surface area contributed by atoms with E-state index in [1.807, 2.05) is 6.26 Å². The minimum Gasteiger partial charge on any atom is -0.451 e. The summed E-state index contributed by atoms with van der Waals surface area (Å²) in [6.45, 7) is 3.68. The standard InChI is InChI=1S/C17H23N3O5S2/c1-4-18-16(21)11(2)25-17(22)13(9-10-26-3)19-15-12-7-5-6-8-14(12)27(23,24)20-15/h5-8,11,13H,4,9-10H2,1-3H3,(H,18,21)(H,19,20)/t11-,13+/m1/s1. The summed E-state index contributed by atoms with van der Waals surface area (Å²) in [5.41, 5.74) is 0.413.